The lowest BCUT2D eigenvalue weighted by Gasteiger charge is -2.20. The zero-order valence-electron chi connectivity index (χ0n) is 17.8. The first-order valence-electron chi connectivity index (χ1n) is 10.1. The number of ketones is 1. The number of carbonyl (C=O) groups excluding carboxylic acids is 3. The van der Waals surface area contributed by atoms with Gasteiger partial charge in [-0.2, -0.15) is 0 Å². The van der Waals surface area contributed by atoms with Gasteiger partial charge in [-0.3, -0.25) is 14.4 Å². The summed E-state index contributed by atoms with van der Waals surface area (Å²) in [5.41, 5.74) is 4.09. The van der Waals surface area contributed by atoms with Crippen LogP contribution in [-0.2, 0) is 16.6 Å². The molecule has 1 atom stereocenters. The Balaban J connectivity index is 1.43. The number of aryl methyl sites for hydroxylation is 2. The molecule has 4 rings (SSSR count). The molecule has 0 spiro atoms. The van der Waals surface area contributed by atoms with Crippen LogP contribution in [0.1, 0.15) is 33.7 Å². The molecule has 2 aromatic carbocycles. The summed E-state index contributed by atoms with van der Waals surface area (Å²) < 4.78 is 1.66. The van der Waals surface area contributed by atoms with Gasteiger partial charge >= 0.3 is 0 Å². The highest BCUT2D eigenvalue weighted by molar-refractivity contribution is 6.07. The second-order valence-corrected chi connectivity index (χ2v) is 7.88. The van der Waals surface area contributed by atoms with E-state index in [0.717, 1.165) is 16.8 Å². The number of benzene rings is 2. The zero-order valence-corrected chi connectivity index (χ0v) is 17.8. The minimum atomic E-state index is -0.429. The summed E-state index contributed by atoms with van der Waals surface area (Å²) in [6, 6.07) is 12.5. The maximum atomic E-state index is 12.8. The van der Waals surface area contributed by atoms with Crippen LogP contribution in [0, 0.1) is 19.8 Å². The Hall–Kier alpha value is -3.74. The number of hydrogen-bond donors (Lipinski definition) is 1. The van der Waals surface area contributed by atoms with E-state index in [1.807, 2.05) is 32.0 Å². The van der Waals surface area contributed by atoms with E-state index >= 15 is 0 Å². The molecule has 0 radical (unpaired) electrons. The van der Waals surface area contributed by atoms with Crippen molar-refractivity contribution in [3.8, 4) is 0 Å². The zero-order chi connectivity index (χ0) is 22.1. The summed E-state index contributed by atoms with van der Waals surface area (Å²) in [4.78, 5) is 43.6. The van der Waals surface area contributed by atoms with Gasteiger partial charge in [0.25, 0.3) is 0 Å². The summed E-state index contributed by atoms with van der Waals surface area (Å²) >= 11 is 0. The van der Waals surface area contributed by atoms with E-state index in [1.54, 1.807) is 53.2 Å². The normalized spacial score (nSPS) is 15.9. The van der Waals surface area contributed by atoms with E-state index in [9.17, 15) is 14.4 Å². The molecule has 7 heteroatoms. The SMILES string of the molecule is Cc1cccc(N2CC(C(=O)Nc3ccc(C(=O)c4nccn4C)cc3)CC2=O)c1C. The first-order valence-corrected chi connectivity index (χ1v) is 10.1. The summed E-state index contributed by atoms with van der Waals surface area (Å²) in [6.45, 7) is 4.34. The molecule has 1 unspecified atom stereocenters. The third-order valence-electron chi connectivity index (χ3n) is 5.80. The fourth-order valence-corrected chi connectivity index (χ4v) is 3.81. The maximum absolute atomic E-state index is 12.8. The van der Waals surface area contributed by atoms with Crippen LogP contribution in [0.3, 0.4) is 0 Å². The lowest BCUT2D eigenvalue weighted by molar-refractivity contribution is -0.122. The van der Waals surface area contributed by atoms with Crippen molar-refractivity contribution in [3.05, 3.63) is 77.4 Å². The lowest BCUT2D eigenvalue weighted by atomic mass is 10.1. The number of imidazole rings is 1. The van der Waals surface area contributed by atoms with E-state index in [-0.39, 0.29) is 24.0 Å². The number of aromatic nitrogens is 2. The second kappa shape index (κ2) is 8.18. The van der Waals surface area contributed by atoms with Gasteiger partial charge in [-0.15, -0.1) is 0 Å². The minimum Gasteiger partial charge on any atom is -0.331 e. The molecule has 1 aromatic heterocycles. The molecule has 158 valence electrons. The Morgan fingerprint density at radius 2 is 1.84 bits per heavy atom. The molecule has 0 bridgehead atoms. The molecule has 2 heterocycles. The highest BCUT2D eigenvalue weighted by atomic mass is 16.2. The molecule has 3 aromatic rings. The van der Waals surface area contributed by atoms with E-state index in [1.165, 1.54) is 0 Å². The van der Waals surface area contributed by atoms with Crippen molar-refractivity contribution in [1.29, 1.82) is 0 Å². The van der Waals surface area contributed by atoms with Gasteiger partial charge < -0.3 is 14.8 Å². The van der Waals surface area contributed by atoms with Crippen LogP contribution < -0.4 is 10.2 Å². The van der Waals surface area contributed by atoms with Crippen LogP contribution in [0.25, 0.3) is 0 Å². The number of anilines is 2. The summed E-state index contributed by atoms with van der Waals surface area (Å²) in [6.07, 6.45) is 3.47. The Morgan fingerprint density at radius 3 is 2.52 bits per heavy atom. The molecule has 1 aliphatic rings. The fraction of sp³-hybridized carbons (Fsp3) is 0.250. The number of amides is 2. The van der Waals surface area contributed by atoms with Crippen LogP contribution in [0.15, 0.2) is 54.9 Å². The predicted molar refractivity (Wildman–Crippen MR) is 118 cm³/mol. The molecule has 1 fully saturated rings. The van der Waals surface area contributed by atoms with Gasteiger partial charge in [-0.25, -0.2) is 4.98 Å². The summed E-state index contributed by atoms with van der Waals surface area (Å²) in [5.74, 6) is -0.515. The van der Waals surface area contributed by atoms with Crippen molar-refractivity contribution in [2.24, 2.45) is 13.0 Å². The van der Waals surface area contributed by atoms with Crippen molar-refractivity contribution in [1.82, 2.24) is 9.55 Å². The van der Waals surface area contributed by atoms with Gasteiger partial charge in [-0.05, 0) is 55.3 Å². The average molecular weight is 416 g/mol. The van der Waals surface area contributed by atoms with Crippen molar-refractivity contribution in [2.45, 2.75) is 20.3 Å². The van der Waals surface area contributed by atoms with E-state index in [0.29, 0.717) is 23.6 Å². The Labute approximate surface area is 180 Å². The number of nitrogens with one attached hydrogen (secondary N) is 1. The highest BCUT2D eigenvalue weighted by Gasteiger charge is 2.35. The third-order valence-corrected chi connectivity index (χ3v) is 5.80. The van der Waals surface area contributed by atoms with Crippen molar-refractivity contribution in [2.75, 3.05) is 16.8 Å². The quantitative estimate of drug-likeness (QED) is 0.647. The number of nitrogens with zero attached hydrogens (tertiary/aromatic N) is 3. The Bertz CT molecular complexity index is 1160. The van der Waals surface area contributed by atoms with Gasteiger partial charge in [0.2, 0.25) is 17.6 Å². The van der Waals surface area contributed by atoms with Gasteiger partial charge in [0.15, 0.2) is 5.82 Å². The molecule has 0 saturated carbocycles. The first-order chi connectivity index (χ1) is 14.8. The molecule has 1 saturated heterocycles. The fourth-order valence-electron chi connectivity index (χ4n) is 3.81. The molecule has 31 heavy (non-hydrogen) atoms. The number of hydrogen-bond acceptors (Lipinski definition) is 4. The molecular formula is C24H24N4O3. The maximum Gasteiger partial charge on any atom is 0.229 e. The van der Waals surface area contributed by atoms with E-state index < -0.39 is 5.92 Å². The van der Waals surface area contributed by atoms with Gasteiger partial charge in [0.1, 0.15) is 0 Å². The van der Waals surface area contributed by atoms with Crippen molar-refractivity contribution in [3.63, 3.8) is 0 Å². The first kappa shape index (κ1) is 20.5. The van der Waals surface area contributed by atoms with Crippen LogP contribution >= 0.6 is 0 Å². The minimum absolute atomic E-state index is 0.0511. The van der Waals surface area contributed by atoms with Gasteiger partial charge in [-0.1, -0.05) is 12.1 Å². The second-order valence-electron chi connectivity index (χ2n) is 7.88. The third kappa shape index (κ3) is 3.99. The highest BCUT2D eigenvalue weighted by Crippen LogP contribution is 2.30. The van der Waals surface area contributed by atoms with Crippen LogP contribution in [0.5, 0.6) is 0 Å². The molecule has 0 aliphatic carbocycles. The molecule has 2 amide bonds. The molecule has 1 N–H and O–H groups in total. The molecule has 1 aliphatic heterocycles. The predicted octanol–water partition coefficient (Wildman–Crippen LogP) is 3.26. The standard InChI is InChI=1S/C24H24N4O3/c1-15-5-4-6-20(16(15)2)28-14-18(13-21(28)29)24(31)26-19-9-7-17(8-10-19)22(30)23-25-11-12-27(23)3/h4-12,18H,13-14H2,1-3H3,(H,26,31). The lowest BCUT2D eigenvalue weighted by Crippen LogP contribution is -2.28. The Kier molecular flexibility index (Phi) is 5.42. The van der Waals surface area contributed by atoms with Crippen molar-refractivity contribution < 1.29 is 14.4 Å². The largest absolute Gasteiger partial charge is 0.331 e. The van der Waals surface area contributed by atoms with Gasteiger partial charge in [0.05, 0.1) is 5.92 Å². The topological polar surface area (TPSA) is 84.3 Å². The number of carbonyl (C=O) groups is 3. The summed E-state index contributed by atoms with van der Waals surface area (Å²) in [7, 11) is 1.76. The van der Waals surface area contributed by atoms with Crippen LogP contribution in [-0.4, -0.2) is 33.7 Å². The smallest absolute Gasteiger partial charge is 0.229 e. The average Bonchev–Trinajstić information content (AvgIpc) is 3.36. The van der Waals surface area contributed by atoms with E-state index in [2.05, 4.69) is 10.3 Å². The Morgan fingerprint density at radius 1 is 1.10 bits per heavy atom. The van der Waals surface area contributed by atoms with Crippen LogP contribution in [0.4, 0.5) is 11.4 Å². The summed E-state index contributed by atoms with van der Waals surface area (Å²) in [5, 5.41) is 2.86. The molecular weight excluding hydrogens is 392 g/mol. The van der Waals surface area contributed by atoms with Crippen LogP contribution in [0.2, 0.25) is 0 Å². The van der Waals surface area contributed by atoms with E-state index in [4.69, 9.17) is 0 Å². The number of rotatable bonds is 5. The molecule has 7 nitrogen and oxygen atoms in total. The monoisotopic (exact) mass is 416 g/mol. The van der Waals surface area contributed by atoms with Crippen molar-refractivity contribution >= 4 is 29.0 Å². The van der Waals surface area contributed by atoms with Gasteiger partial charge in [0, 0.05) is 49.3 Å².